The van der Waals surface area contributed by atoms with Crippen LogP contribution >= 0.6 is 22.9 Å². The zero-order valence-corrected chi connectivity index (χ0v) is 12.7. The Kier molecular flexibility index (Phi) is 3.90. The van der Waals surface area contributed by atoms with Crippen molar-refractivity contribution in [3.63, 3.8) is 0 Å². The van der Waals surface area contributed by atoms with E-state index in [0.717, 1.165) is 10.2 Å². The molecular formula is C14H12ClFN4S. The summed E-state index contributed by atoms with van der Waals surface area (Å²) in [5, 5.41) is 9.10. The van der Waals surface area contributed by atoms with Crippen molar-refractivity contribution in [3.8, 4) is 0 Å². The van der Waals surface area contributed by atoms with Gasteiger partial charge in [-0.3, -0.25) is 0 Å². The Balaban J connectivity index is 2.09. The number of para-hydroxylation sites is 1. The van der Waals surface area contributed by atoms with E-state index in [1.807, 2.05) is 18.4 Å². The lowest BCUT2D eigenvalue weighted by molar-refractivity contribution is 0.632. The first-order valence-electron chi connectivity index (χ1n) is 6.39. The number of aromatic nitrogens is 2. The van der Waals surface area contributed by atoms with Gasteiger partial charge < -0.3 is 10.6 Å². The first-order chi connectivity index (χ1) is 10.2. The Hall–Kier alpha value is -1.92. The first-order valence-corrected chi connectivity index (χ1v) is 7.65. The van der Waals surface area contributed by atoms with Crippen LogP contribution in [-0.2, 0) is 0 Å². The highest BCUT2D eigenvalue weighted by atomic mass is 35.5. The number of thiophene rings is 1. The molecule has 0 fully saturated rings. The Morgan fingerprint density at radius 2 is 2.14 bits per heavy atom. The Morgan fingerprint density at radius 1 is 1.29 bits per heavy atom. The molecule has 3 rings (SSSR count). The summed E-state index contributed by atoms with van der Waals surface area (Å²) in [5.41, 5.74) is 0.216. The van der Waals surface area contributed by atoms with Crippen molar-refractivity contribution < 1.29 is 4.39 Å². The van der Waals surface area contributed by atoms with Crippen LogP contribution in [0.15, 0.2) is 29.6 Å². The third-order valence-electron chi connectivity index (χ3n) is 2.87. The third kappa shape index (κ3) is 2.77. The molecule has 2 N–H and O–H groups in total. The fourth-order valence-corrected chi connectivity index (χ4v) is 2.90. The molecule has 108 valence electrons. The molecule has 7 heteroatoms. The number of nitrogens with one attached hydrogen (secondary N) is 2. The van der Waals surface area contributed by atoms with Crippen LogP contribution in [0.3, 0.4) is 0 Å². The smallest absolute Gasteiger partial charge is 0.226 e. The molecule has 0 aliphatic carbocycles. The van der Waals surface area contributed by atoms with Gasteiger partial charge in [0.2, 0.25) is 5.95 Å². The molecule has 21 heavy (non-hydrogen) atoms. The second-order valence-corrected chi connectivity index (χ2v) is 5.59. The van der Waals surface area contributed by atoms with Gasteiger partial charge in [0.1, 0.15) is 16.5 Å². The van der Waals surface area contributed by atoms with Crippen molar-refractivity contribution >= 4 is 50.6 Å². The van der Waals surface area contributed by atoms with E-state index in [4.69, 9.17) is 11.6 Å². The van der Waals surface area contributed by atoms with Crippen LogP contribution in [0.2, 0.25) is 5.02 Å². The molecule has 0 aliphatic rings. The van der Waals surface area contributed by atoms with E-state index in [-0.39, 0.29) is 5.69 Å². The largest absolute Gasteiger partial charge is 0.354 e. The monoisotopic (exact) mass is 322 g/mol. The highest BCUT2D eigenvalue weighted by Gasteiger charge is 2.13. The predicted octanol–water partition coefficient (Wildman–Crippen LogP) is 4.66. The van der Waals surface area contributed by atoms with Gasteiger partial charge in [0.25, 0.3) is 0 Å². The Labute approximate surface area is 130 Å². The zero-order valence-electron chi connectivity index (χ0n) is 11.2. The van der Waals surface area contributed by atoms with E-state index in [9.17, 15) is 4.39 Å². The Bertz CT molecular complexity index is 769. The number of benzene rings is 1. The number of halogens is 2. The van der Waals surface area contributed by atoms with Crippen molar-refractivity contribution in [2.24, 2.45) is 0 Å². The van der Waals surface area contributed by atoms with Crippen molar-refractivity contribution in [1.82, 2.24) is 9.97 Å². The highest BCUT2D eigenvalue weighted by molar-refractivity contribution is 7.16. The van der Waals surface area contributed by atoms with E-state index in [0.29, 0.717) is 23.3 Å². The number of hydrogen-bond donors (Lipinski definition) is 2. The van der Waals surface area contributed by atoms with Crippen molar-refractivity contribution in [2.45, 2.75) is 6.92 Å². The lowest BCUT2D eigenvalue weighted by Gasteiger charge is -2.11. The normalized spacial score (nSPS) is 10.8. The SMILES string of the molecule is CCNc1nc(Nc2c(F)cccc2Cl)c2ccsc2n1. The van der Waals surface area contributed by atoms with Gasteiger partial charge in [-0.05, 0) is 30.5 Å². The molecule has 0 amide bonds. The average molecular weight is 323 g/mol. The second kappa shape index (κ2) is 5.83. The molecule has 2 heterocycles. The summed E-state index contributed by atoms with van der Waals surface area (Å²) in [6, 6.07) is 6.44. The minimum absolute atomic E-state index is 0.216. The van der Waals surface area contributed by atoms with Gasteiger partial charge in [-0.2, -0.15) is 4.98 Å². The van der Waals surface area contributed by atoms with E-state index in [1.54, 1.807) is 12.1 Å². The molecule has 0 saturated carbocycles. The first kappa shape index (κ1) is 14.0. The minimum atomic E-state index is -0.422. The maximum absolute atomic E-state index is 13.9. The quantitative estimate of drug-likeness (QED) is 0.733. The van der Waals surface area contributed by atoms with Gasteiger partial charge in [0.15, 0.2) is 0 Å². The van der Waals surface area contributed by atoms with Crippen LogP contribution in [0, 0.1) is 5.82 Å². The number of anilines is 3. The fraction of sp³-hybridized carbons (Fsp3) is 0.143. The zero-order chi connectivity index (χ0) is 14.8. The third-order valence-corrected chi connectivity index (χ3v) is 3.99. The van der Waals surface area contributed by atoms with Crippen LogP contribution in [0.25, 0.3) is 10.2 Å². The summed E-state index contributed by atoms with van der Waals surface area (Å²) in [7, 11) is 0. The van der Waals surface area contributed by atoms with Gasteiger partial charge >= 0.3 is 0 Å². The van der Waals surface area contributed by atoms with Gasteiger partial charge in [-0.15, -0.1) is 11.3 Å². The molecular weight excluding hydrogens is 311 g/mol. The van der Waals surface area contributed by atoms with Crippen LogP contribution in [0.1, 0.15) is 6.92 Å². The maximum Gasteiger partial charge on any atom is 0.226 e. The average Bonchev–Trinajstić information content (AvgIpc) is 2.92. The lowest BCUT2D eigenvalue weighted by Crippen LogP contribution is -2.05. The van der Waals surface area contributed by atoms with E-state index >= 15 is 0 Å². The number of hydrogen-bond acceptors (Lipinski definition) is 5. The van der Waals surface area contributed by atoms with Gasteiger partial charge in [-0.25, -0.2) is 9.37 Å². The summed E-state index contributed by atoms with van der Waals surface area (Å²) in [5.74, 6) is 0.612. The molecule has 0 spiro atoms. The molecule has 2 aromatic heterocycles. The summed E-state index contributed by atoms with van der Waals surface area (Å²) in [6.07, 6.45) is 0. The molecule has 4 nitrogen and oxygen atoms in total. The van der Waals surface area contributed by atoms with E-state index < -0.39 is 5.82 Å². The molecule has 3 aromatic rings. The molecule has 0 bridgehead atoms. The number of rotatable bonds is 4. The number of nitrogens with zero attached hydrogens (tertiary/aromatic N) is 2. The summed E-state index contributed by atoms with van der Waals surface area (Å²) >= 11 is 7.55. The highest BCUT2D eigenvalue weighted by Crippen LogP contribution is 2.32. The van der Waals surface area contributed by atoms with Crippen LogP contribution in [0.4, 0.5) is 21.8 Å². The number of fused-ring (bicyclic) bond motifs is 1. The summed E-state index contributed by atoms with van der Waals surface area (Å²) in [4.78, 5) is 9.62. The van der Waals surface area contributed by atoms with E-state index in [2.05, 4.69) is 20.6 Å². The standard InChI is InChI=1S/C14H12ClFN4S/c1-2-17-14-19-12(8-6-7-21-13(8)20-14)18-11-9(15)4-3-5-10(11)16/h3-7H,2H2,1H3,(H2,17,18,19,20). The maximum atomic E-state index is 13.9. The molecule has 0 saturated heterocycles. The summed E-state index contributed by atoms with van der Waals surface area (Å²) in [6.45, 7) is 2.67. The van der Waals surface area contributed by atoms with Crippen LogP contribution < -0.4 is 10.6 Å². The topological polar surface area (TPSA) is 49.8 Å². The Morgan fingerprint density at radius 3 is 2.90 bits per heavy atom. The fourth-order valence-electron chi connectivity index (χ4n) is 1.92. The molecule has 0 aliphatic heterocycles. The summed E-state index contributed by atoms with van der Waals surface area (Å²) < 4.78 is 13.9. The molecule has 1 aromatic carbocycles. The second-order valence-electron chi connectivity index (χ2n) is 4.29. The molecule has 0 unspecified atom stereocenters. The van der Waals surface area contributed by atoms with Gasteiger partial charge in [0.05, 0.1) is 16.1 Å². The van der Waals surface area contributed by atoms with E-state index in [1.165, 1.54) is 17.4 Å². The van der Waals surface area contributed by atoms with Crippen molar-refractivity contribution in [2.75, 3.05) is 17.2 Å². The van der Waals surface area contributed by atoms with Gasteiger partial charge in [0, 0.05) is 6.54 Å². The minimum Gasteiger partial charge on any atom is -0.354 e. The van der Waals surface area contributed by atoms with Crippen LogP contribution in [0.5, 0.6) is 0 Å². The van der Waals surface area contributed by atoms with Crippen molar-refractivity contribution in [1.29, 1.82) is 0 Å². The molecule has 0 atom stereocenters. The molecule has 0 radical (unpaired) electrons. The van der Waals surface area contributed by atoms with Gasteiger partial charge in [-0.1, -0.05) is 17.7 Å². The van der Waals surface area contributed by atoms with Crippen LogP contribution in [-0.4, -0.2) is 16.5 Å². The lowest BCUT2D eigenvalue weighted by atomic mass is 10.3. The van der Waals surface area contributed by atoms with Crippen molar-refractivity contribution in [3.05, 3.63) is 40.5 Å². The predicted molar refractivity (Wildman–Crippen MR) is 86.3 cm³/mol.